The normalized spacial score (nSPS) is 17.2. The van der Waals surface area contributed by atoms with Gasteiger partial charge in [-0.2, -0.15) is 0 Å². The number of carbonyl (C=O) groups excluding carboxylic acids is 1. The highest BCUT2D eigenvalue weighted by Crippen LogP contribution is 2.40. The van der Waals surface area contributed by atoms with E-state index >= 15 is 0 Å². The van der Waals surface area contributed by atoms with E-state index in [9.17, 15) is 14.7 Å². The number of amides is 2. The van der Waals surface area contributed by atoms with Crippen LogP contribution < -0.4 is 5.32 Å². The van der Waals surface area contributed by atoms with Gasteiger partial charge in [-0.15, -0.1) is 6.58 Å². The molecule has 0 unspecified atom stereocenters. The van der Waals surface area contributed by atoms with Gasteiger partial charge in [-0.3, -0.25) is 4.79 Å². The lowest BCUT2D eigenvalue weighted by atomic mass is 9.69. The second kappa shape index (κ2) is 5.63. The Hall–Kier alpha value is -1.52. The fourth-order valence-electron chi connectivity index (χ4n) is 2.20. The van der Waals surface area contributed by atoms with Crippen molar-refractivity contribution in [3.63, 3.8) is 0 Å². The zero-order valence-electron chi connectivity index (χ0n) is 12.0. The number of carbonyl (C=O) groups is 2. The van der Waals surface area contributed by atoms with Crippen molar-refractivity contribution >= 4 is 12.0 Å². The van der Waals surface area contributed by atoms with E-state index in [1.54, 1.807) is 11.0 Å². The molecular weight excluding hydrogens is 244 g/mol. The minimum absolute atomic E-state index is 0.199. The molecule has 0 heterocycles. The quantitative estimate of drug-likeness (QED) is 0.751. The van der Waals surface area contributed by atoms with Gasteiger partial charge in [0.25, 0.3) is 0 Å². The average Bonchev–Trinajstić information content (AvgIpc) is 2.21. The van der Waals surface area contributed by atoms with Crippen LogP contribution in [0.1, 0.15) is 40.0 Å². The average molecular weight is 268 g/mol. The Morgan fingerprint density at radius 1 is 1.42 bits per heavy atom. The van der Waals surface area contributed by atoms with Crippen molar-refractivity contribution in [1.82, 2.24) is 10.2 Å². The molecule has 1 aliphatic rings. The number of urea groups is 1. The van der Waals surface area contributed by atoms with Crippen LogP contribution in [0.5, 0.6) is 0 Å². The van der Waals surface area contributed by atoms with E-state index in [-0.39, 0.29) is 18.1 Å². The van der Waals surface area contributed by atoms with Gasteiger partial charge in [-0.1, -0.05) is 12.5 Å². The third kappa shape index (κ3) is 3.49. The third-order valence-corrected chi connectivity index (χ3v) is 3.71. The van der Waals surface area contributed by atoms with Crippen molar-refractivity contribution in [3.05, 3.63) is 12.7 Å². The molecule has 19 heavy (non-hydrogen) atoms. The molecule has 5 heteroatoms. The summed E-state index contributed by atoms with van der Waals surface area (Å²) in [5.74, 6) is -0.815. The van der Waals surface area contributed by atoms with Crippen LogP contribution >= 0.6 is 0 Å². The Kier molecular flexibility index (Phi) is 4.61. The van der Waals surface area contributed by atoms with Crippen molar-refractivity contribution in [2.75, 3.05) is 13.1 Å². The lowest BCUT2D eigenvalue weighted by Gasteiger charge is -2.40. The van der Waals surface area contributed by atoms with Crippen molar-refractivity contribution in [2.45, 2.75) is 45.6 Å². The molecule has 0 aromatic heterocycles. The highest BCUT2D eigenvalue weighted by molar-refractivity contribution is 5.79. The van der Waals surface area contributed by atoms with E-state index in [0.29, 0.717) is 19.4 Å². The van der Waals surface area contributed by atoms with E-state index in [2.05, 4.69) is 11.9 Å². The number of rotatable bonds is 5. The molecule has 0 aliphatic heterocycles. The van der Waals surface area contributed by atoms with Crippen LogP contribution in [-0.2, 0) is 4.79 Å². The molecule has 1 aliphatic carbocycles. The van der Waals surface area contributed by atoms with Crippen LogP contribution in [0.2, 0.25) is 0 Å². The predicted molar refractivity (Wildman–Crippen MR) is 74.0 cm³/mol. The number of nitrogens with zero attached hydrogens (tertiary/aromatic N) is 1. The predicted octanol–water partition coefficient (Wildman–Crippen LogP) is 2.24. The molecule has 0 atom stereocenters. The monoisotopic (exact) mass is 268 g/mol. The maximum absolute atomic E-state index is 12.2. The van der Waals surface area contributed by atoms with E-state index in [0.717, 1.165) is 6.42 Å². The summed E-state index contributed by atoms with van der Waals surface area (Å²) in [4.78, 5) is 25.0. The van der Waals surface area contributed by atoms with Crippen LogP contribution in [-0.4, -0.2) is 40.6 Å². The van der Waals surface area contributed by atoms with Gasteiger partial charge in [0.05, 0.1) is 5.41 Å². The van der Waals surface area contributed by atoms with Gasteiger partial charge in [0, 0.05) is 18.6 Å². The van der Waals surface area contributed by atoms with Crippen LogP contribution in [0.25, 0.3) is 0 Å². The van der Waals surface area contributed by atoms with Crippen molar-refractivity contribution in [1.29, 1.82) is 0 Å². The first-order valence-electron chi connectivity index (χ1n) is 6.63. The van der Waals surface area contributed by atoms with E-state index in [4.69, 9.17) is 0 Å². The highest BCUT2D eigenvalue weighted by Gasteiger charge is 2.44. The summed E-state index contributed by atoms with van der Waals surface area (Å²) in [6.07, 6.45) is 3.86. The summed E-state index contributed by atoms with van der Waals surface area (Å²) in [6, 6.07) is -0.236. The van der Waals surface area contributed by atoms with Gasteiger partial charge in [0.1, 0.15) is 0 Å². The summed E-state index contributed by atoms with van der Waals surface area (Å²) < 4.78 is 0. The van der Waals surface area contributed by atoms with Crippen molar-refractivity contribution in [3.8, 4) is 0 Å². The molecule has 1 saturated carbocycles. The van der Waals surface area contributed by atoms with E-state index in [1.807, 2.05) is 20.8 Å². The second-order valence-corrected chi connectivity index (χ2v) is 6.17. The molecule has 108 valence electrons. The number of hydrogen-bond donors (Lipinski definition) is 2. The molecule has 0 spiro atoms. The second-order valence-electron chi connectivity index (χ2n) is 6.17. The van der Waals surface area contributed by atoms with Gasteiger partial charge in [-0.25, -0.2) is 4.79 Å². The molecule has 0 radical (unpaired) electrons. The summed E-state index contributed by atoms with van der Waals surface area (Å²) in [5, 5.41) is 12.0. The molecular formula is C14H24N2O3. The van der Waals surface area contributed by atoms with E-state index < -0.39 is 11.4 Å². The van der Waals surface area contributed by atoms with Gasteiger partial charge in [-0.05, 0) is 33.6 Å². The third-order valence-electron chi connectivity index (χ3n) is 3.71. The van der Waals surface area contributed by atoms with Crippen LogP contribution in [0.4, 0.5) is 4.79 Å². The number of carboxylic acid groups (broad SMARTS) is 1. The first-order chi connectivity index (χ1) is 8.73. The zero-order valence-corrected chi connectivity index (χ0v) is 12.0. The van der Waals surface area contributed by atoms with Gasteiger partial charge in [0.2, 0.25) is 0 Å². The number of hydrogen-bond acceptors (Lipinski definition) is 2. The largest absolute Gasteiger partial charge is 0.481 e. The standard InChI is InChI=1S/C14H24N2O3/c1-5-9-16(13(2,3)4)12(19)15-10-14(11(17)18)7-6-8-14/h5H,1,6-10H2,2-4H3,(H,15,19)(H,17,18). The first kappa shape index (κ1) is 15.5. The molecule has 0 bridgehead atoms. The van der Waals surface area contributed by atoms with Gasteiger partial charge in [0.15, 0.2) is 0 Å². The van der Waals surface area contributed by atoms with Crippen molar-refractivity contribution in [2.24, 2.45) is 5.41 Å². The fraction of sp³-hybridized carbons (Fsp3) is 0.714. The van der Waals surface area contributed by atoms with E-state index in [1.165, 1.54) is 0 Å². The highest BCUT2D eigenvalue weighted by atomic mass is 16.4. The summed E-state index contributed by atoms with van der Waals surface area (Å²) in [5.41, 5.74) is -1.08. The molecule has 0 saturated heterocycles. The topological polar surface area (TPSA) is 69.6 Å². The molecule has 0 aromatic rings. The van der Waals surface area contributed by atoms with Gasteiger partial charge >= 0.3 is 12.0 Å². The summed E-state index contributed by atoms with van der Waals surface area (Å²) in [7, 11) is 0. The Labute approximate surface area is 114 Å². The molecule has 1 fully saturated rings. The Balaban J connectivity index is 2.62. The first-order valence-corrected chi connectivity index (χ1v) is 6.63. The molecule has 2 N–H and O–H groups in total. The minimum atomic E-state index is -0.815. The number of aliphatic carboxylic acids is 1. The summed E-state index contributed by atoms with van der Waals surface area (Å²) in [6.45, 7) is 10.1. The molecule has 5 nitrogen and oxygen atoms in total. The molecule has 1 rings (SSSR count). The lowest BCUT2D eigenvalue weighted by Crippen LogP contribution is -2.54. The zero-order chi connectivity index (χ0) is 14.7. The summed E-state index contributed by atoms with van der Waals surface area (Å²) >= 11 is 0. The smallest absolute Gasteiger partial charge is 0.318 e. The Bertz CT molecular complexity index is 367. The van der Waals surface area contributed by atoms with Crippen LogP contribution in [0.15, 0.2) is 12.7 Å². The number of nitrogens with one attached hydrogen (secondary N) is 1. The van der Waals surface area contributed by atoms with Crippen molar-refractivity contribution < 1.29 is 14.7 Å². The minimum Gasteiger partial charge on any atom is -0.481 e. The molecule has 2 amide bonds. The maximum atomic E-state index is 12.2. The fourth-order valence-corrected chi connectivity index (χ4v) is 2.20. The number of carboxylic acids is 1. The Morgan fingerprint density at radius 3 is 2.32 bits per heavy atom. The SMILES string of the molecule is C=CCN(C(=O)NCC1(C(=O)O)CCC1)C(C)(C)C. The lowest BCUT2D eigenvalue weighted by molar-refractivity contribution is -0.153. The Morgan fingerprint density at radius 2 is 2.00 bits per heavy atom. The molecule has 0 aromatic carbocycles. The van der Waals surface area contributed by atoms with Gasteiger partial charge < -0.3 is 15.3 Å². The van der Waals surface area contributed by atoms with Crippen LogP contribution in [0.3, 0.4) is 0 Å². The van der Waals surface area contributed by atoms with Crippen LogP contribution in [0, 0.1) is 5.41 Å². The maximum Gasteiger partial charge on any atom is 0.318 e.